The molecule has 2 aromatic heterocycles. The fraction of sp³-hybridized carbons (Fsp3) is 0.545. The van der Waals surface area contributed by atoms with Crippen LogP contribution in [0.15, 0.2) is 12.7 Å². The Balaban J connectivity index is 2.04. The third kappa shape index (κ3) is 1.80. The Morgan fingerprint density at radius 3 is 2.74 bits per heavy atom. The van der Waals surface area contributed by atoms with E-state index in [2.05, 4.69) is 15.0 Å². The lowest BCUT2D eigenvalue weighted by Crippen LogP contribution is -2.33. The monoisotopic (exact) mass is 266 g/mol. The van der Waals surface area contributed by atoms with E-state index < -0.39 is 24.5 Å². The average molecular weight is 266 g/mol. The highest BCUT2D eigenvalue weighted by molar-refractivity contribution is 5.72. The summed E-state index contributed by atoms with van der Waals surface area (Å²) in [6.07, 6.45) is -1.06. The minimum Gasteiger partial charge on any atom is -0.394 e. The molecule has 3 N–H and O–H groups in total. The molecule has 8 nitrogen and oxygen atoms in total. The van der Waals surface area contributed by atoms with Crippen LogP contribution in [0.4, 0.5) is 0 Å². The molecular weight excluding hydrogens is 252 g/mol. The maximum absolute atomic E-state index is 9.98. The standard InChI is InChI=1S/C11H14N4O4/c1-5-7-10(13-3-12-5)15(4-14-7)11-9(18)8(17)6(2-16)19-11/h3-4,6,8-9,11,16-18H,2H2,1H3/t6-,8-,9-,11?/m1/s1. The molecule has 2 aromatic rings. The fourth-order valence-corrected chi connectivity index (χ4v) is 2.27. The van der Waals surface area contributed by atoms with Gasteiger partial charge in [0.05, 0.1) is 18.6 Å². The van der Waals surface area contributed by atoms with Gasteiger partial charge >= 0.3 is 0 Å². The van der Waals surface area contributed by atoms with E-state index in [-0.39, 0.29) is 6.61 Å². The van der Waals surface area contributed by atoms with Gasteiger partial charge in [-0.2, -0.15) is 0 Å². The van der Waals surface area contributed by atoms with E-state index in [0.717, 1.165) is 5.69 Å². The molecule has 0 radical (unpaired) electrons. The van der Waals surface area contributed by atoms with Crippen molar-refractivity contribution in [2.24, 2.45) is 0 Å². The Bertz CT molecular complexity index is 601. The van der Waals surface area contributed by atoms with E-state index >= 15 is 0 Å². The molecule has 1 saturated heterocycles. The lowest BCUT2D eigenvalue weighted by atomic mass is 10.1. The van der Waals surface area contributed by atoms with Gasteiger partial charge in [0, 0.05) is 0 Å². The second-order valence-electron chi connectivity index (χ2n) is 4.51. The van der Waals surface area contributed by atoms with Gasteiger partial charge in [-0.05, 0) is 6.92 Å². The van der Waals surface area contributed by atoms with E-state index in [1.165, 1.54) is 17.2 Å². The van der Waals surface area contributed by atoms with Gasteiger partial charge in [0.25, 0.3) is 0 Å². The molecule has 1 unspecified atom stereocenters. The van der Waals surface area contributed by atoms with Crippen LogP contribution >= 0.6 is 0 Å². The van der Waals surface area contributed by atoms with Gasteiger partial charge in [-0.3, -0.25) is 4.57 Å². The van der Waals surface area contributed by atoms with Crippen molar-refractivity contribution in [3.05, 3.63) is 18.3 Å². The lowest BCUT2D eigenvalue weighted by molar-refractivity contribution is -0.0511. The molecule has 1 aliphatic heterocycles. The normalized spacial score (nSPS) is 31.2. The first kappa shape index (κ1) is 12.4. The number of aliphatic hydroxyl groups is 3. The summed E-state index contributed by atoms with van der Waals surface area (Å²) in [6.45, 7) is 1.44. The van der Waals surface area contributed by atoms with E-state index in [4.69, 9.17) is 9.84 Å². The Hall–Kier alpha value is -1.61. The van der Waals surface area contributed by atoms with Gasteiger partial charge in [-0.15, -0.1) is 0 Å². The quantitative estimate of drug-likeness (QED) is 0.622. The van der Waals surface area contributed by atoms with E-state index in [1.807, 2.05) is 0 Å². The first-order chi connectivity index (χ1) is 9.13. The average Bonchev–Trinajstić information content (AvgIpc) is 2.94. The summed E-state index contributed by atoms with van der Waals surface area (Å²) >= 11 is 0. The molecule has 19 heavy (non-hydrogen) atoms. The minimum absolute atomic E-state index is 0.366. The molecule has 0 bridgehead atoms. The molecule has 0 amide bonds. The van der Waals surface area contributed by atoms with Crippen LogP contribution in [0.3, 0.4) is 0 Å². The third-order valence-electron chi connectivity index (χ3n) is 3.33. The van der Waals surface area contributed by atoms with Gasteiger partial charge < -0.3 is 20.1 Å². The molecule has 1 aliphatic rings. The second kappa shape index (κ2) is 4.49. The Labute approximate surface area is 108 Å². The molecule has 3 rings (SSSR count). The van der Waals surface area contributed by atoms with Gasteiger partial charge in [-0.25, -0.2) is 15.0 Å². The van der Waals surface area contributed by atoms with Crippen LogP contribution in [-0.4, -0.2) is 59.8 Å². The van der Waals surface area contributed by atoms with Crippen molar-refractivity contribution in [2.45, 2.75) is 31.5 Å². The summed E-state index contributed by atoms with van der Waals surface area (Å²) in [7, 11) is 0. The summed E-state index contributed by atoms with van der Waals surface area (Å²) in [5.41, 5.74) is 1.85. The van der Waals surface area contributed by atoms with Crippen LogP contribution < -0.4 is 0 Å². The smallest absolute Gasteiger partial charge is 0.165 e. The molecule has 0 saturated carbocycles. The molecule has 0 aromatic carbocycles. The number of aliphatic hydroxyl groups excluding tert-OH is 3. The van der Waals surface area contributed by atoms with E-state index in [9.17, 15) is 10.2 Å². The molecule has 0 aliphatic carbocycles. The number of rotatable bonds is 2. The number of aryl methyl sites for hydroxylation is 1. The summed E-state index contributed by atoms with van der Waals surface area (Å²) < 4.78 is 6.98. The van der Waals surface area contributed by atoms with Gasteiger partial charge in [0.2, 0.25) is 0 Å². The third-order valence-corrected chi connectivity index (χ3v) is 3.33. The van der Waals surface area contributed by atoms with E-state index in [0.29, 0.717) is 11.2 Å². The Morgan fingerprint density at radius 1 is 1.26 bits per heavy atom. The predicted octanol–water partition coefficient (Wildman–Crippen LogP) is -1.25. The van der Waals surface area contributed by atoms with Crippen LogP contribution in [0.1, 0.15) is 11.9 Å². The van der Waals surface area contributed by atoms with Crippen LogP contribution in [0.2, 0.25) is 0 Å². The summed E-state index contributed by atoms with van der Waals surface area (Å²) in [4.78, 5) is 12.3. The maximum Gasteiger partial charge on any atom is 0.165 e. The molecule has 3 heterocycles. The van der Waals surface area contributed by atoms with Gasteiger partial charge in [0.1, 0.15) is 30.2 Å². The highest BCUT2D eigenvalue weighted by atomic mass is 16.6. The number of nitrogens with zero attached hydrogens (tertiary/aromatic N) is 4. The zero-order valence-corrected chi connectivity index (χ0v) is 10.2. The zero-order chi connectivity index (χ0) is 13.6. The Kier molecular flexibility index (Phi) is 2.94. The first-order valence-electron chi connectivity index (χ1n) is 5.90. The summed E-state index contributed by atoms with van der Waals surface area (Å²) in [5.74, 6) is 0. The largest absolute Gasteiger partial charge is 0.394 e. The molecule has 4 atom stereocenters. The van der Waals surface area contributed by atoms with Crippen LogP contribution in [0.25, 0.3) is 11.2 Å². The van der Waals surface area contributed by atoms with Gasteiger partial charge in [0.15, 0.2) is 11.9 Å². The van der Waals surface area contributed by atoms with Crippen molar-refractivity contribution in [1.82, 2.24) is 19.5 Å². The highest BCUT2D eigenvalue weighted by Gasteiger charge is 2.43. The SMILES string of the molecule is Cc1ncnc2c1ncn2C1O[C@H](CO)[C@@H](O)[C@H]1O. The maximum atomic E-state index is 9.98. The van der Waals surface area contributed by atoms with Crippen molar-refractivity contribution >= 4 is 11.2 Å². The number of ether oxygens (including phenoxy) is 1. The van der Waals surface area contributed by atoms with Crippen molar-refractivity contribution < 1.29 is 20.1 Å². The second-order valence-corrected chi connectivity index (χ2v) is 4.51. The molecular formula is C11H14N4O4. The topological polar surface area (TPSA) is 114 Å². The van der Waals surface area contributed by atoms with Crippen LogP contribution in [0, 0.1) is 6.92 Å². The lowest BCUT2D eigenvalue weighted by Gasteiger charge is -2.16. The number of imidazole rings is 1. The molecule has 102 valence electrons. The first-order valence-corrected chi connectivity index (χ1v) is 5.90. The number of aromatic nitrogens is 4. The number of hydrogen-bond donors (Lipinski definition) is 3. The van der Waals surface area contributed by atoms with Crippen LogP contribution in [-0.2, 0) is 4.74 Å². The van der Waals surface area contributed by atoms with E-state index in [1.54, 1.807) is 6.92 Å². The fourth-order valence-electron chi connectivity index (χ4n) is 2.27. The summed E-state index contributed by atoms with van der Waals surface area (Å²) in [6, 6.07) is 0. The van der Waals surface area contributed by atoms with Crippen molar-refractivity contribution in [2.75, 3.05) is 6.61 Å². The minimum atomic E-state index is -1.15. The zero-order valence-electron chi connectivity index (χ0n) is 10.2. The molecule has 8 heteroatoms. The van der Waals surface area contributed by atoms with Crippen molar-refractivity contribution in [3.8, 4) is 0 Å². The summed E-state index contributed by atoms with van der Waals surface area (Å²) in [5, 5.41) is 28.8. The predicted molar refractivity (Wildman–Crippen MR) is 63.1 cm³/mol. The Morgan fingerprint density at radius 2 is 2.05 bits per heavy atom. The van der Waals surface area contributed by atoms with Crippen LogP contribution in [0.5, 0.6) is 0 Å². The molecule has 0 spiro atoms. The number of hydrogen-bond acceptors (Lipinski definition) is 7. The van der Waals surface area contributed by atoms with Crippen molar-refractivity contribution in [3.63, 3.8) is 0 Å². The highest BCUT2D eigenvalue weighted by Crippen LogP contribution is 2.31. The van der Waals surface area contributed by atoms with Crippen molar-refractivity contribution in [1.29, 1.82) is 0 Å². The molecule has 1 fully saturated rings. The van der Waals surface area contributed by atoms with Gasteiger partial charge in [-0.1, -0.05) is 0 Å². The number of fused-ring (bicyclic) bond motifs is 1.